The number of hydrogen-bond donors (Lipinski definition) is 0. The average Bonchev–Trinajstić information content (AvgIpc) is 2.90. The summed E-state index contributed by atoms with van der Waals surface area (Å²) in [4.78, 5) is 28.9. The summed E-state index contributed by atoms with van der Waals surface area (Å²) < 4.78 is 0. The van der Waals surface area contributed by atoms with Gasteiger partial charge in [-0.1, -0.05) is 43.7 Å². The van der Waals surface area contributed by atoms with Gasteiger partial charge in [0.1, 0.15) is 12.1 Å². The standard InChI is InChI=1S/C32H41N5O/c1-21(2)26-10-9-24(5)30(18-26)36-12-11-29-28(20-36)32(37-14-13-35(15-16-38)25(6)19-37)34-31(33-29)27-17-22(3)7-8-23(27)4/h7-10,16-18,21,25H,11-15,19-20H2,1-6H3. The van der Waals surface area contributed by atoms with Gasteiger partial charge in [0.2, 0.25) is 0 Å². The number of carbonyl (C=O) groups is 1. The van der Waals surface area contributed by atoms with Crippen LogP contribution >= 0.6 is 0 Å². The van der Waals surface area contributed by atoms with Crippen LogP contribution in [-0.2, 0) is 17.8 Å². The molecule has 0 saturated carbocycles. The van der Waals surface area contributed by atoms with Crippen molar-refractivity contribution in [1.82, 2.24) is 14.9 Å². The summed E-state index contributed by atoms with van der Waals surface area (Å²) >= 11 is 0. The topological polar surface area (TPSA) is 52.6 Å². The van der Waals surface area contributed by atoms with Crippen molar-refractivity contribution >= 4 is 17.8 Å². The van der Waals surface area contributed by atoms with Gasteiger partial charge in [-0.3, -0.25) is 4.90 Å². The van der Waals surface area contributed by atoms with Gasteiger partial charge in [0.05, 0.1) is 12.2 Å². The molecule has 1 aromatic heterocycles. The van der Waals surface area contributed by atoms with Gasteiger partial charge in [0.25, 0.3) is 0 Å². The Morgan fingerprint density at radius 1 is 0.974 bits per heavy atom. The van der Waals surface area contributed by atoms with Crippen LogP contribution in [0.2, 0.25) is 0 Å². The summed E-state index contributed by atoms with van der Waals surface area (Å²) in [6, 6.07) is 13.7. The third-order valence-corrected chi connectivity index (χ3v) is 8.29. The minimum atomic E-state index is 0.286. The number of fused-ring (bicyclic) bond motifs is 1. The van der Waals surface area contributed by atoms with Crippen molar-refractivity contribution in [2.75, 3.05) is 42.5 Å². The second kappa shape index (κ2) is 10.9. The quantitative estimate of drug-likeness (QED) is 0.410. The molecule has 2 aliphatic rings. The highest BCUT2D eigenvalue weighted by molar-refractivity contribution is 5.67. The second-order valence-electron chi connectivity index (χ2n) is 11.4. The number of anilines is 2. The number of piperazine rings is 1. The van der Waals surface area contributed by atoms with Gasteiger partial charge in [-0.25, -0.2) is 9.97 Å². The number of aldehydes is 1. The highest BCUT2D eigenvalue weighted by atomic mass is 16.1. The summed E-state index contributed by atoms with van der Waals surface area (Å²) in [5.41, 5.74) is 9.95. The fourth-order valence-electron chi connectivity index (χ4n) is 5.84. The van der Waals surface area contributed by atoms with Crippen LogP contribution in [0.4, 0.5) is 11.5 Å². The van der Waals surface area contributed by atoms with E-state index < -0.39 is 0 Å². The van der Waals surface area contributed by atoms with Crippen LogP contribution in [0, 0.1) is 20.8 Å². The van der Waals surface area contributed by atoms with Crippen LogP contribution in [0.15, 0.2) is 36.4 Å². The normalized spacial score (nSPS) is 18.1. The number of rotatable bonds is 6. The highest BCUT2D eigenvalue weighted by Crippen LogP contribution is 2.35. The zero-order chi connectivity index (χ0) is 27.0. The molecule has 1 unspecified atom stereocenters. The lowest BCUT2D eigenvalue weighted by molar-refractivity contribution is -0.109. The van der Waals surface area contributed by atoms with E-state index in [-0.39, 0.29) is 6.04 Å². The van der Waals surface area contributed by atoms with Crippen LogP contribution in [0.3, 0.4) is 0 Å². The van der Waals surface area contributed by atoms with Gasteiger partial charge in [0.15, 0.2) is 5.82 Å². The monoisotopic (exact) mass is 511 g/mol. The van der Waals surface area contributed by atoms with Crippen LogP contribution in [0.25, 0.3) is 11.4 Å². The summed E-state index contributed by atoms with van der Waals surface area (Å²) in [5.74, 6) is 2.38. The molecule has 6 nitrogen and oxygen atoms in total. The Hall–Kier alpha value is -3.25. The summed E-state index contributed by atoms with van der Waals surface area (Å²) in [5, 5.41) is 0. The van der Waals surface area contributed by atoms with Crippen LogP contribution < -0.4 is 9.80 Å². The van der Waals surface area contributed by atoms with E-state index in [0.717, 1.165) is 62.6 Å². The maximum Gasteiger partial charge on any atom is 0.162 e. The zero-order valence-corrected chi connectivity index (χ0v) is 23.8. The van der Waals surface area contributed by atoms with Gasteiger partial charge >= 0.3 is 0 Å². The van der Waals surface area contributed by atoms with Crippen molar-refractivity contribution in [2.45, 2.75) is 66.5 Å². The Morgan fingerprint density at radius 2 is 1.76 bits per heavy atom. The minimum Gasteiger partial charge on any atom is -0.366 e. The SMILES string of the molecule is Cc1ccc(C)c(-c2nc3c(c(N4CCN(CC=O)C(C)C4)n2)CN(c2cc(C(C)C)ccc2C)CC3)c1. The molecule has 6 heteroatoms. The Balaban J connectivity index is 1.57. The molecule has 200 valence electrons. The van der Waals surface area contributed by atoms with Crippen molar-refractivity contribution in [2.24, 2.45) is 0 Å². The van der Waals surface area contributed by atoms with E-state index in [1.807, 2.05) is 0 Å². The van der Waals surface area contributed by atoms with Crippen molar-refractivity contribution < 1.29 is 4.79 Å². The van der Waals surface area contributed by atoms with E-state index in [2.05, 4.69) is 92.6 Å². The lowest BCUT2D eigenvalue weighted by Crippen LogP contribution is -2.53. The summed E-state index contributed by atoms with van der Waals surface area (Å²) in [6.45, 7) is 18.0. The number of carbonyl (C=O) groups excluding carboxylic acids is 1. The Morgan fingerprint density at radius 3 is 2.50 bits per heavy atom. The molecule has 2 aliphatic heterocycles. The molecule has 0 aliphatic carbocycles. The van der Waals surface area contributed by atoms with E-state index in [0.29, 0.717) is 12.5 Å². The maximum absolute atomic E-state index is 11.2. The van der Waals surface area contributed by atoms with E-state index >= 15 is 0 Å². The molecule has 3 aromatic rings. The number of nitrogens with zero attached hydrogens (tertiary/aromatic N) is 5. The lowest BCUT2D eigenvalue weighted by Gasteiger charge is -2.41. The molecule has 2 aromatic carbocycles. The molecule has 5 rings (SSSR count). The smallest absolute Gasteiger partial charge is 0.162 e. The second-order valence-corrected chi connectivity index (χ2v) is 11.4. The first-order valence-electron chi connectivity index (χ1n) is 14.0. The third-order valence-electron chi connectivity index (χ3n) is 8.29. The first-order valence-corrected chi connectivity index (χ1v) is 14.0. The van der Waals surface area contributed by atoms with Crippen LogP contribution in [-0.4, -0.2) is 59.9 Å². The van der Waals surface area contributed by atoms with Gasteiger partial charge in [0, 0.05) is 62.0 Å². The molecule has 0 spiro atoms. The van der Waals surface area contributed by atoms with Crippen molar-refractivity contribution in [3.8, 4) is 11.4 Å². The van der Waals surface area contributed by atoms with Crippen LogP contribution in [0.1, 0.15) is 60.2 Å². The average molecular weight is 512 g/mol. The molecule has 0 bridgehead atoms. The molecular formula is C32H41N5O. The Labute approximate surface area is 227 Å². The van der Waals surface area contributed by atoms with E-state index in [1.165, 1.54) is 39.2 Å². The molecule has 0 amide bonds. The molecule has 1 fully saturated rings. The van der Waals surface area contributed by atoms with Crippen molar-refractivity contribution in [3.05, 3.63) is 69.9 Å². The van der Waals surface area contributed by atoms with E-state index in [4.69, 9.17) is 9.97 Å². The summed E-state index contributed by atoms with van der Waals surface area (Å²) in [6.07, 6.45) is 1.91. The van der Waals surface area contributed by atoms with E-state index in [9.17, 15) is 4.79 Å². The largest absolute Gasteiger partial charge is 0.366 e. The molecule has 0 N–H and O–H groups in total. The predicted molar refractivity (Wildman–Crippen MR) is 156 cm³/mol. The summed E-state index contributed by atoms with van der Waals surface area (Å²) in [7, 11) is 0. The van der Waals surface area contributed by atoms with Gasteiger partial charge in [-0.15, -0.1) is 0 Å². The maximum atomic E-state index is 11.2. The number of aromatic nitrogens is 2. The van der Waals surface area contributed by atoms with Gasteiger partial charge in [-0.05, 0) is 62.4 Å². The van der Waals surface area contributed by atoms with E-state index in [1.54, 1.807) is 0 Å². The van der Waals surface area contributed by atoms with Crippen molar-refractivity contribution in [3.63, 3.8) is 0 Å². The Bertz CT molecular complexity index is 1330. The molecule has 38 heavy (non-hydrogen) atoms. The molecule has 0 radical (unpaired) electrons. The first-order chi connectivity index (χ1) is 18.2. The van der Waals surface area contributed by atoms with Gasteiger partial charge in [-0.2, -0.15) is 0 Å². The number of aryl methyl sites for hydroxylation is 3. The van der Waals surface area contributed by atoms with Crippen molar-refractivity contribution in [1.29, 1.82) is 0 Å². The Kier molecular flexibility index (Phi) is 7.53. The highest BCUT2D eigenvalue weighted by Gasteiger charge is 2.30. The molecule has 3 heterocycles. The number of hydrogen-bond acceptors (Lipinski definition) is 6. The lowest BCUT2D eigenvalue weighted by atomic mass is 9.98. The van der Waals surface area contributed by atoms with Crippen LogP contribution in [0.5, 0.6) is 0 Å². The fraction of sp³-hybridized carbons (Fsp3) is 0.469. The molecule has 1 atom stereocenters. The molecule has 1 saturated heterocycles. The zero-order valence-electron chi connectivity index (χ0n) is 23.8. The minimum absolute atomic E-state index is 0.286. The predicted octanol–water partition coefficient (Wildman–Crippen LogP) is 5.46. The third kappa shape index (κ3) is 5.19. The molecular weight excluding hydrogens is 470 g/mol. The first kappa shape index (κ1) is 26.4. The fourth-order valence-corrected chi connectivity index (χ4v) is 5.84. The number of benzene rings is 2. The van der Waals surface area contributed by atoms with Gasteiger partial charge < -0.3 is 14.6 Å².